The molecule has 1 fully saturated rings. The number of rotatable bonds is 7. The van der Waals surface area contributed by atoms with Crippen LogP contribution in [0.5, 0.6) is 0 Å². The summed E-state index contributed by atoms with van der Waals surface area (Å²) in [6.07, 6.45) is 2.24. The van der Waals surface area contributed by atoms with E-state index in [1.807, 2.05) is 24.3 Å². The van der Waals surface area contributed by atoms with E-state index in [1.54, 1.807) is 7.11 Å². The van der Waals surface area contributed by atoms with Crippen LogP contribution >= 0.6 is 0 Å². The molecule has 1 unspecified atom stereocenters. The Morgan fingerprint density at radius 2 is 2.09 bits per heavy atom. The highest BCUT2D eigenvalue weighted by Gasteiger charge is 2.23. The number of benzene rings is 1. The number of ether oxygens (including phenoxy) is 1. The van der Waals surface area contributed by atoms with Crippen molar-refractivity contribution in [3.8, 4) is 0 Å². The number of anilines is 1. The van der Waals surface area contributed by atoms with Crippen molar-refractivity contribution in [1.82, 2.24) is 4.90 Å². The van der Waals surface area contributed by atoms with E-state index in [0.717, 1.165) is 43.7 Å². The minimum Gasteiger partial charge on any atom is -0.384 e. The fraction of sp³-hybridized carbons (Fsp3) is 0.529. The van der Waals surface area contributed by atoms with Gasteiger partial charge in [0.2, 0.25) is 11.8 Å². The van der Waals surface area contributed by atoms with Crippen LogP contribution in [0.1, 0.15) is 24.8 Å². The van der Waals surface area contributed by atoms with Gasteiger partial charge < -0.3 is 15.8 Å². The summed E-state index contributed by atoms with van der Waals surface area (Å²) in [4.78, 5) is 25.2. The molecule has 2 amide bonds. The molecule has 3 N–H and O–H groups in total. The summed E-state index contributed by atoms with van der Waals surface area (Å²) in [5, 5.41) is 2.84. The standard InChI is InChI=1S/C17H25N3O3/c1-23-10-8-16(21)19-15-6-4-13(5-7-15)11-20-9-2-3-14(12-20)17(18)22/h4-7,14H,2-3,8-12H2,1H3,(H2,18,22)(H,19,21). The molecule has 1 saturated heterocycles. The van der Waals surface area contributed by atoms with Crippen molar-refractivity contribution < 1.29 is 14.3 Å². The normalized spacial score (nSPS) is 18.6. The lowest BCUT2D eigenvalue weighted by molar-refractivity contribution is -0.123. The number of nitrogens with zero attached hydrogens (tertiary/aromatic N) is 1. The van der Waals surface area contributed by atoms with Crippen LogP contribution in [-0.2, 0) is 20.9 Å². The minimum atomic E-state index is -0.205. The van der Waals surface area contributed by atoms with E-state index in [4.69, 9.17) is 10.5 Å². The molecule has 6 nitrogen and oxygen atoms in total. The van der Waals surface area contributed by atoms with Crippen LogP contribution in [-0.4, -0.2) is 43.5 Å². The minimum absolute atomic E-state index is 0.0388. The van der Waals surface area contributed by atoms with Gasteiger partial charge in [0.25, 0.3) is 0 Å². The Labute approximate surface area is 137 Å². The molecule has 0 bridgehead atoms. The number of hydrogen-bond donors (Lipinski definition) is 2. The summed E-state index contributed by atoms with van der Waals surface area (Å²) < 4.78 is 4.88. The zero-order valence-electron chi connectivity index (χ0n) is 13.6. The summed E-state index contributed by atoms with van der Waals surface area (Å²) in [5.41, 5.74) is 7.35. The maximum absolute atomic E-state index is 11.6. The zero-order chi connectivity index (χ0) is 16.7. The van der Waals surface area contributed by atoms with Crippen molar-refractivity contribution in [2.45, 2.75) is 25.8 Å². The lowest BCUT2D eigenvalue weighted by Crippen LogP contribution is -2.40. The van der Waals surface area contributed by atoms with Gasteiger partial charge in [0, 0.05) is 25.9 Å². The fourth-order valence-electron chi connectivity index (χ4n) is 2.80. The topological polar surface area (TPSA) is 84.7 Å². The van der Waals surface area contributed by atoms with Crippen LogP contribution in [0.2, 0.25) is 0 Å². The first kappa shape index (κ1) is 17.4. The monoisotopic (exact) mass is 319 g/mol. The average Bonchev–Trinajstić information content (AvgIpc) is 2.55. The lowest BCUT2D eigenvalue weighted by atomic mass is 9.97. The number of piperidine rings is 1. The first-order chi connectivity index (χ1) is 11.1. The third-order valence-corrected chi connectivity index (χ3v) is 4.09. The predicted octanol–water partition coefficient (Wildman–Crippen LogP) is 1.36. The molecule has 1 atom stereocenters. The van der Waals surface area contributed by atoms with Gasteiger partial charge in [0.05, 0.1) is 18.9 Å². The molecule has 0 saturated carbocycles. The molecule has 1 aromatic rings. The molecule has 0 spiro atoms. The van der Waals surface area contributed by atoms with Gasteiger partial charge in [-0.15, -0.1) is 0 Å². The van der Waals surface area contributed by atoms with E-state index in [1.165, 1.54) is 0 Å². The van der Waals surface area contributed by atoms with E-state index in [-0.39, 0.29) is 17.7 Å². The Balaban J connectivity index is 1.85. The summed E-state index contributed by atoms with van der Waals surface area (Å²) >= 11 is 0. The summed E-state index contributed by atoms with van der Waals surface area (Å²) in [6, 6.07) is 7.80. The number of amides is 2. The third-order valence-electron chi connectivity index (χ3n) is 4.09. The van der Waals surface area contributed by atoms with Crippen molar-refractivity contribution in [2.24, 2.45) is 11.7 Å². The average molecular weight is 319 g/mol. The van der Waals surface area contributed by atoms with Gasteiger partial charge in [0.1, 0.15) is 0 Å². The van der Waals surface area contributed by atoms with Crippen molar-refractivity contribution in [1.29, 1.82) is 0 Å². The molecule has 1 aromatic carbocycles. The van der Waals surface area contributed by atoms with Gasteiger partial charge in [-0.25, -0.2) is 0 Å². The summed E-state index contributed by atoms with van der Waals surface area (Å²) in [5.74, 6) is -0.299. The highest BCUT2D eigenvalue weighted by Crippen LogP contribution is 2.19. The van der Waals surface area contributed by atoms with Crippen LogP contribution in [0, 0.1) is 5.92 Å². The van der Waals surface area contributed by atoms with E-state index >= 15 is 0 Å². The van der Waals surface area contributed by atoms with E-state index in [9.17, 15) is 9.59 Å². The van der Waals surface area contributed by atoms with Crippen molar-refractivity contribution in [3.63, 3.8) is 0 Å². The molecule has 126 valence electrons. The smallest absolute Gasteiger partial charge is 0.226 e. The molecule has 1 heterocycles. The molecule has 0 radical (unpaired) electrons. The van der Waals surface area contributed by atoms with Crippen molar-refractivity contribution in [3.05, 3.63) is 29.8 Å². The zero-order valence-corrected chi connectivity index (χ0v) is 13.6. The number of likely N-dealkylation sites (tertiary alicyclic amines) is 1. The molecule has 6 heteroatoms. The molecule has 0 aliphatic carbocycles. The summed E-state index contributed by atoms with van der Waals surface area (Å²) in [7, 11) is 1.57. The van der Waals surface area contributed by atoms with E-state index < -0.39 is 0 Å². The molecule has 0 aromatic heterocycles. The predicted molar refractivity (Wildman–Crippen MR) is 88.8 cm³/mol. The Morgan fingerprint density at radius 1 is 1.35 bits per heavy atom. The Morgan fingerprint density at radius 3 is 2.74 bits per heavy atom. The number of carbonyl (C=O) groups is 2. The van der Waals surface area contributed by atoms with Gasteiger partial charge >= 0.3 is 0 Å². The molecular weight excluding hydrogens is 294 g/mol. The highest BCUT2D eigenvalue weighted by molar-refractivity contribution is 5.90. The number of nitrogens with two attached hydrogens (primary N) is 1. The second-order valence-electron chi connectivity index (χ2n) is 5.96. The number of methoxy groups -OCH3 is 1. The van der Waals surface area contributed by atoms with E-state index in [2.05, 4.69) is 10.2 Å². The van der Waals surface area contributed by atoms with E-state index in [0.29, 0.717) is 13.0 Å². The SMILES string of the molecule is COCCC(=O)Nc1ccc(CN2CCCC(C(N)=O)C2)cc1. The van der Waals surface area contributed by atoms with Crippen LogP contribution in [0.4, 0.5) is 5.69 Å². The van der Waals surface area contributed by atoms with Gasteiger partial charge in [-0.2, -0.15) is 0 Å². The second-order valence-corrected chi connectivity index (χ2v) is 5.96. The van der Waals surface area contributed by atoms with Crippen LogP contribution < -0.4 is 11.1 Å². The number of primary amides is 1. The van der Waals surface area contributed by atoms with Gasteiger partial charge in [-0.3, -0.25) is 14.5 Å². The lowest BCUT2D eigenvalue weighted by Gasteiger charge is -2.31. The third kappa shape index (κ3) is 5.65. The van der Waals surface area contributed by atoms with Gasteiger partial charge in [-0.05, 0) is 37.1 Å². The first-order valence-corrected chi connectivity index (χ1v) is 7.98. The van der Waals surface area contributed by atoms with Crippen LogP contribution in [0.25, 0.3) is 0 Å². The van der Waals surface area contributed by atoms with Crippen LogP contribution in [0.3, 0.4) is 0 Å². The van der Waals surface area contributed by atoms with Crippen molar-refractivity contribution in [2.75, 3.05) is 32.1 Å². The quantitative estimate of drug-likeness (QED) is 0.795. The molecule has 1 aliphatic rings. The number of carbonyl (C=O) groups excluding carboxylic acids is 2. The molecule has 23 heavy (non-hydrogen) atoms. The van der Waals surface area contributed by atoms with Gasteiger partial charge in [-0.1, -0.05) is 12.1 Å². The maximum Gasteiger partial charge on any atom is 0.226 e. The Bertz CT molecular complexity index is 530. The highest BCUT2D eigenvalue weighted by atomic mass is 16.5. The molecule has 1 aliphatic heterocycles. The maximum atomic E-state index is 11.6. The Hall–Kier alpha value is -1.92. The Kier molecular flexibility index (Phi) is 6.55. The summed E-state index contributed by atoms with van der Waals surface area (Å²) in [6.45, 7) is 2.92. The van der Waals surface area contributed by atoms with Gasteiger partial charge in [0.15, 0.2) is 0 Å². The molecular formula is C17H25N3O3. The molecule has 2 rings (SSSR count). The second kappa shape index (κ2) is 8.64. The fourth-order valence-corrected chi connectivity index (χ4v) is 2.80. The first-order valence-electron chi connectivity index (χ1n) is 7.98. The van der Waals surface area contributed by atoms with Crippen molar-refractivity contribution >= 4 is 17.5 Å². The number of hydrogen-bond acceptors (Lipinski definition) is 4. The number of nitrogens with one attached hydrogen (secondary N) is 1. The largest absolute Gasteiger partial charge is 0.384 e. The van der Waals surface area contributed by atoms with Crippen LogP contribution in [0.15, 0.2) is 24.3 Å².